The van der Waals surface area contributed by atoms with Crippen molar-refractivity contribution in [2.24, 2.45) is 0 Å². The van der Waals surface area contributed by atoms with E-state index in [-0.39, 0.29) is 13.1 Å². The van der Waals surface area contributed by atoms with E-state index in [2.05, 4.69) is 9.46 Å². The number of hydrogen-bond acceptors (Lipinski definition) is 4. The van der Waals surface area contributed by atoms with Crippen LogP contribution in [0.3, 0.4) is 0 Å². The molecule has 1 unspecified atom stereocenters. The van der Waals surface area contributed by atoms with Gasteiger partial charge in [-0.1, -0.05) is 0 Å². The maximum Gasteiger partial charge on any atom is 0.422 e. The molecule has 1 aliphatic rings. The summed E-state index contributed by atoms with van der Waals surface area (Å²) in [5.74, 6) is 0. The minimum absolute atomic E-state index is 0.0278. The van der Waals surface area contributed by atoms with Gasteiger partial charge < -0.3 is 9.64 Å². The van der Waals surface area contributed by atoms with Crippen molar-refractivity contribution in [2.75, 3.05) is 26.0 Å². The average Bonchev–Trinajstić information content (AvgIpc) is 2.32. The Morgan fingerprint density at radius 3 is 2.60 bits per heavy atom. The molecule has 0 bridgehead atoms. The fraction of sp³-hybridized carbons (Fsp3) is 0.900. The first kappa shape index (κ1) is 17.0. The van der Waals surface area contributed by atoms with Gasteiger partial charge in [0.1, 0.15) is 0 Å². The van der Waals surface area contributed by atoms with E-state index >= 15 is 0 Å². The first-order chi connectivity index (χ1) is 9.08. The molecule has 20 heavy (non-hydrogen) atoms. The molecule has 0 aromatic heterocycles. The normalized spacial score (nSPS) is 20.8. The number of sulfonamides is 1. The zero-order valence-corrected chi connectivity index (χ0v) is 11.8. The van der Waals surface area contributed by atoms with E-state index in [1.807, 2.05) is 0 Å². The minimum Gasteiger partial charge on any atom is -0.440 e. The van der Waals surface area contributed by atoms with Crippen molar-refractivity contribution in [3.8, 4) is 0 Å². The van der Waals surface area contributed by atoms with E-state index < -0.39 is 34.9 Å². The first-order valence-corrected chi connectivity index (χ1v) is 7.92. The van der Waals surface area contributed by atoms with Gasteiger partial charge in [-0.3, -0.25) is 0 Å². The summed E-state index contributed by atoms with van der Waals surface area (Å²) in [6.07, 6.45) is -2.73. The Labute approximate surface area is 115 Å². The molecule has 0 aliphatic carbocycles. The van der Waals surface area contributed by atoms with Gasteiger partial charge in [-0.05, 0) is 19.3 Å². The maximum atomic E-state index is 12.0. The molecular weight excluding hydrogens is 301 g/mol. The Kier molecular flexibility index (Phi) is 5.63. The molecule has 1 fully saturated rings. The minimum atomic E-state index is -4.58. The Balaban J connectivity index is 2.57. The second-order valence-electron chi connectivity index (χ2n) is 4.63. The third-order valence-electron chi connectivity index (χ3n) is 2.80. The van der Waals surface area contributed by atoms with Crippen molar-refractivity contribution in [2.45, 2.75) is 31.5 Å². The van der Waals surface area contributed by atoms with Crippen LogP contribution in [0.2, 0.25) is 0 Å². The average molecular weight is 318 g/mol. The Bertz CT molecular complexity index is 438. The lowest BCUT2D eigenvalue weighted by molar-refractivity contribution is -0.163. The van der Waals surface area contributed by atoms with Crippen molar-refractivity contribution in [3.05, 3.63) is 0 Å². The van der Waals surface area contributed by atoms with E-state index in [1.54, 1.807) is 0 Å². The molecule has 10 heteroatoms. The number of nitrogens with one attached hydrogen (secondary N) is 1. The Morgan fingerprint density at radius 2 is 2.05 bits per heavy atom. The number of carbonyl (C=O) groups excluding carboxylic acids is 1. The molecule has 1 N–H and O–H groups in total. The number of hydrogen-bond donors (Lipinski definition) is 1. The van der Waals surface area contributed by atoms with Crippen LogP contribution in [0, 0.1) is 0 Å². The SMILES string of the molecule is CS(=O)(=O)NCC1CCCCN1C(=O)OCC(F)(F)F. The van der Waals surface area contributed by atoms with Crippen LogP contribution in [0.15, 0.2) is 0 Å². The second-order valence-corrected chi connectivity index (χ2v) is 6.47. The number of rotatable bonds is 4. The van der Waals surface area contributed by atoms with Gasteiger partial charge in [0.2, 0.25) is 10.0 Å². The monoisotopic (exact) mass is 318 g/mol. The van der Waals surface area contributed by atoms with Gasteiger partial charge in [-0.2, -0.15) is 13.2 Å². The molecule has 1 aliphatic heterocycles. The quantitative estimate of drug-likeness (QED) is 0.842. The molecule has 1 saturated heterocycles. The predicted octanol–water partition coefficient (Wildman–Crippen LogP) is 1.09. The van der Waals surface area contributed by atoms with E-state index in [4.69, 9.17) is 0 Å². The summed E-state index contributed by atoms with van der Waals surface area (Å²) >= 11 is 0. The van der Waals surface area contributed by atoms with Crippen molar-refractivity contribution in [1.82, 2.24) is 9.62 Å². The van der Waals surface area contributed by atoms with Crippen molar-refractivity contribution >= 4 is 16.1 Å². The summed E-state index contributed by atoms with van der Waals surface area (Å²) in [6, 6.07) is -0.487. The third-order valence-corrected chi connectivity index (χ3v) is 3.49. The van der Waals surface area contributed by atoms with Crippen LogP contribution in [0.4, 0.5) is 18.0 Å². The molecule has 6 nitrogen and oxygen atoms in total. The summed E-state index contributed by atoms with van der Waals surface area (Å²) in [5.41, 5.74) is 0. The topological polar surface area (TPSA) is 75.7 Å². The van der Waals surface area contributed by atoms with Crippen molar-refractivity contribution in [3.63, 3.8) is 0 Å². The first-order valence-electron chi connectivity index (χ1n) is 6.03. The molecule has 0 aromatic carbocycles. The fourth-order valence-electron chi connectivity index (χ4n) is 1.93. The van der Waals surface area contributed by atoms with Crippen molar-refractivity contribution in [1.29, 1.82) is 0 Å². The van der Waals surface area contributed by atoms with Gasteiger partial charge in [-0.15, -0.1) is 0 Å². The maximum absolute atomic E-state index is 12.0. The second kappa shape index (κ2) is 6.61. The summed E-state index contributed by atoms with van der Waals surface area (Å²) in [6.45, 7) is -1.42. The highest BCUT2D eigenvalue weighted by molar-refractivity contribution is 7.88. The number of nitrogens with zero attached hydrogens (tertiary/aromatic N) is 1. The molecule has 1 amide bonds. The number of halogens is 3. The highest BCUT2D eigenvalue weighted by Gasteiger charge is 2.33. The number of piperidine rings is 1. The van der Waals surface area contributed by atoms with Crippen LogP contribution in [0.5, 0.6) is 0 Å². The molecule has 118 valence electrons. The summed E-state index contributed by atoms with van der Waals surface area (Å²) < 4.78 is 64.5. The van der Waals surface area contributed by atoms with Crippen LogP contribution in [0.25, 0.3) is 0 Å². The summed E-state index contributed by atoms with van der Waals surface area (Å²) in [5, 5.41) is 0. The molecule has 0 radical (unpaired) electrons. The summed E-state index contributed by atoms with van der Waals surface area (Å²) in [7, 11) is -3.42. The number of likely N-dealkylation sites (tertiary alicyclic amines) is 1. The largest absolute Gasteiger partial charge is 0.440 e. The zero-order valence-electron chi connectivity index (χ0n) is 10.9. The Hall–Kier alpha value is -1.03. The number of amides is 1. The lowest BCUT2D eigenvalue weighted by atomic mass is 10.0. The number of alkyl halides is 3. The Morgan fingerprint density at radius 1 is 1.40 bits per heavy atom. The van der Waals surface area contributed by atoms with E-state index in [1.165, 1.54) is 0 Å². The lowest BCUT2D eigenvalue weighted by Gasteiger charge is -2.34. The fourth-order valence-corrected chi connectivity index (χ4v) is 2.42. The lowest BCUT2D eigenvalue weighted by Crippen LogP contribution is -2.49. The molecule has 1 rings (SSSR count). The molecular formula is C10H17F3N2O4S. The highest BCUT2D eigenvalue weighted by Crippen LogP contribution is 2.20. The zero-order chi connectivity index (χ0) is 15.4. The van der Waals surface area contributed by atoms with Gasteiger partial charge in [0.15, 0.2) is 6.61 Å². The van der Waals surface area contributed by atoms with E-state index in [0.717, 1.165) is 17.6 Å². The van der Waals surface area contributed by atoms with Crippen LogP contribution >= 0.6 is 0 Å². The smallest absolute Gasteiger partial charge is 0.422 e. The highest BCUT2D eigenvalue weighted by atomic mass is 32.2. The van der Waals surface area contributed by atoms with Crippen LogP contribution in [-0.2, 0) is 14.8 Å². The number of carbonyl (C=O) groups is 1. The third kappa shape index (κ3) is 6.42. The van der Waals surface area contributed by atoms with Gasteiger partial charge in [0, 0.05) is 19.1 Å². The van der Waals surface area contributed by atoms with E-state index in [9.17, 15) is 26.4 Å². The van der Waals surface area contributed by atoms with Crippen LogP contribution in [-0.4, -0.2) is 57.6 Å². The predicted molar refractivity (Wildman–Crippen MR) is 64.6 cm³/mol. The van der Waals surface area contributed by atoms with Gasteiger partial charge in [0.25, 0.3) is 0 Å². The van der Waals surface area contributed by atoms with Crippen molar-refractivity contribution < 1.29 is 31.1 Å². The van der Waals surface area contributed by atoms with E-state index in [0.29, 0.717) is 12.8 Å². The molecule has 0 saturated carbocycles. The summed E-state index contributed by atoms with van der Waals surface area (Å²) in [4.78, 5) is 12.8. The van der Waals surface area contributed by atoms with Crippen LogP contribution < -0.4 is 4.72 Å². The molecule has 0 spiro atoms. The van der Waals surface area contributed by atoms with Crippen LogP contribution in [0.1, 0.15) is 19.3 Å². The molecule has 1 atom stereocenters. The van der Waals surface area contributed by atoms with Gasteiger partial charge >= 0.3 is 12.3 Å². The molecule has 0 aromatic rings. The number of ether oxygens (including phenoxy) is 1. The van der Waals surface area contributed by atoms with Gasteiger partial charge in [0.05, 0.1) is 6.26 Å². The van der Waals surface area contributed by atoms with Gasteiger partial charge in [-0.25, -0.2) is 17.9 Å². The molecule has 1 heterocycles. The standard InChI is InChI=1S/C10H17F3N2O4S/c1-20(17,18)14-6-8-4-2-3-5-15(8)9(16)19-7-10(11,12)13/h8,14H,2-7H2,1H3.